The van der Waals surface area contributed by atoms with Gasteiger partial charge in [-0.15, -0.1) is 10.2 Å². The second kappa shape index (κ2) is 8.08. The van der Waals surface area contributed by atoms with Crippen LogP contribution >= 0.6 is 22.9 Å². The molecule has 4 nitrogen and oxygen atoms in total. The van der Waals surface area contributed by atoms with Crippen LogP contribution in [-0.2, 0) is 6.42 Å². The third-order valence-corrected chi connectivity index (χ3v) is 5.36. The summed E-state index contributed by atoms with van der Waals surface area (Å²) in [6.45, 7) is 7.90. The van der Waals surface area contributed by atoms with E-state index >= 15 is 0 Å². The Balaban J connectivity index is 1.61. The monoisotopic (exact) mass is 350 g/mol. The molecule has 1 fully saturated rings. The summed E-state index contributed by atoms with van der Waals surface area (Å²) < 4.78 is 0. The molecule has 23 heavy (non-hydrogen) atoms. The van der Waals surface area contributed by atoms with Gasteiger partial charge in [0, 0.05) is 31.1 Å². The molecule has 0 N–H and O–H groups in total. The SMILES string of the molecule is CCCN1CCCN(c2nnc(Cc3ccc(Cl)cc3)s2)CC1. The van der Waals surface area contributed by atoms with E-state index in [1.54, 1.807) is 11.3 Å². The largest absolute Gasteiger partial charge is 0.345 e. The molecule has 0 aliphatic carbocycles. The van der Waals surface area contributed by atoms with Crippen LogP contribution in [0.1, 0.15) is 30.3 Å². The molecule has 2 aromatic rings. The van der Waals surface area contributed by atoms with Crippen molar-refractivity contribution in [1.82, 2.24) is 15.1 Å². The average molecular weight is 351 g/mol. The number of rotatable bonds is 5. The van der Waals surface area contributed by atoms with Gasteiger partial charge in [0.1, 0.15) is 5.01 Å². The van der Waals surface area contributed by atoms with Crippen molar-refractivity contribution in [3.8, 4) is 0 Å². The second-order valence-electron chi connectivity index (χ2n) is 5.96. The van der Waals surface area contributed by atoms with Gasteiger partial charge in [0.25, 0.3) is 0 Å². The number of hydrogen-bond donors (Lipinski definition) is 0. The van der Waals surface area contributed by atoms with Gasteiger partial charge in [0.15, 0.2) is 0 Å². The zero-order valence-corrected chi connectivity index (χ0v) is 15.1. The lowest BCUT2D eigenvalue weighted by Crippen LogP contribution is -2.31. The summed E-state index contributed by atoms with van der Waals surface area (Å²) in [4.78, 5) is 4.94. The molecule has 1 aliphatic rings. The summed E-state index contributed by atoms with van der Waals surface area (Å²) in [6, 6.07) is 7.96. The standard InChI is InChI=1S/C17H23ClN4S/c1-2-8-21-9-3-10-22(12-11-21)17-20-19-16(23-17)13-14-4-6-15(18)7-5-14/h4-7H,2-3,8-13H2,1H3. The molecular formula is C17H23ClN4S. The Hall–Kier alpha value is -1.17. The van der Waals surface area contributed by atoms with E-state index < -0.39 is 0 Å². The highest BCUT2D eigenvalue weighted by atomic mass is 35.5. The van der Waals surface area contributed by atoms with Crippen molar-refractivity contribution in [1.29, 1.82) is 0 Å². The fraction of sp³-hybridized carbons (Fsp3) is 0.529. The zero-order valence-electron chi connectivity index (χ0n) is 13.5. The number of anilines is 1. The van der Waals surface area contributed by atoms with E-state index in [0.717, 1.165) is 41.2 Å². The topological polar surface area (TPSA) is 32.3 Å². The average Bonchev–Trinajstić information content (AvgIpc) is 2.88. The van der Waals surface area contributed by atoms with Gasteiger partial charge in [-0.25, -0.2) is 0 Å². The van der Waals surface area contributed by atoms with E-state index in [1.807, 2.05) is 12.1 Å². The Morgan fingerprint density at radius 1 is 1.09 bits per heavy atom. The first-order valence-corrected chi connectivity index (χ1v) is 9.48. The van der Waals surface area contributed by atoms with Crippen LogP contribution in [0.4, 0.5) is 5.13 Å². The van der Waals surface area contributed by atoms with Gasteiger partial charge in [-0.1, -0.05) is 42.0 Å². The molecule has 1 aromatic carbocycles. The van der Waals surface area contributed by atoms with Gasteiger partial charge >= 0.3 is 0 Å². The lowest BCUT2D eigenvalue weighted by atomic mass is 10.2. The Kier molecular flexibility index (Phi) is 5.86. The maximum atomic E-state index is 5.93. The molecule has 0 atom stereocenters. The highest BCUT2D eigenvalue weighted by Gasteiger charge is 2.17. The number of aromatic nitrogens is 2. The maximum Gasteiger partial charge on any atom is 0.208 e. The van der Waals surface area contributed by atoms with Gasteiger partial charge in [0.2, 0.25) is 5.13 Å². The van der Waals surface area contributed by atoms with Crippen molar-refractivity contribution in [2.45, 2.75) is 26.2 Å². The van der Waals surface area contributed by atoms with E-state index in [9.17, 15) is 0 Å². The van der Waals surface area contributed by atoms with E-state index in [1.165, 1.54) is 31.5 Å². The van der Waals surface area contributed by atoms with Crippen LogP contribution in [0.25, 0.3) is 0 Å². The molecule has 1 aromatic heterocycles. The fourth-order valence-corrected chi connectivity index (χ4v) is 3.97. The molecule has 0 amide bonds. The van der Waals surface area contributed by atoms with E-state index in [0.29, 0.717) is 0 Å². The highest BCUT2D eigenvalue weighted by molar-refractivity contribution is 7.15. The van der Waals surface area contributed by atoms with Crippen molar-refractivity contribution in [3.63, 3.8) is 0 Å². The van der Waals surface area contributed by atoms with Gasteiger partial charge in [-0.2, -0.15) is 0 Å². The molecule has 6 heteroatoms. The molecule has 0 radical (unpaired) electrons. The Bertz CT molecular complexity index is 613. The summed E-state index contributed by atoms with van der Waals surface area (Å²) in [5.74, 6) is 0. The van der Waals surface area contributed by atoms with Gasteiger partial charge in [-0.3, -0.25) is 0 Å². The van der Waals surface area contributed by atoms with Crippen molar-refractivity contribution in [3.05, 3.63) is 39.9 Å². The fourth-order valence-electron chi connectivity index (χ4n) is 2.92. The number of halogens is 1. The summed E-state index contributed by atoms with van der Waals surface area (Å²) >= 11 is 7.65. The van der Waals surface area contributed by atoms with Crippen molar-refractivity contribution >= 4 is 28.1 Å². The molecule has 1 aliphatic heterocycles. The summed E-state index contributed by atoms with van der Waals surface area (Å²) in [5, 5.41) is 11.7. The molecule has 0 unspecified atom stereocenters. The minimum absolute atomic E-state index is 0.771. The molecule has 3 rings (SSSR count). The first-order valence-electron chi connectivity index (χ1n) is 8.28. The summed E-state index contributed by atoms with van der Waals surface area (Å²) in [5.41, 5.74) is 1.22. The molecule has 124 valence electrons. The number of hydrogen-bond acceptors (Lipinski definition) is 5. The van der Waals surface area contributed by atoms with Gasteiger partial charge in [-0.05, 0) is 43.6 Å². The lowest BCUT2D eigenvalue weighted by molar-refractivity contribution is 0.294. The normalized spacial score (nSPS) is 16.5. The Morgan fingerprint density at radius 3 is 2.70 bits per heavy atom. The van der Waals surface area contributed by atoms with Gasteiger partial charge in [0.05, 0.1) is 0 Å². The van der Waals surface area contributed by atoms with Crippen LogP contribution in [0.15, 0.2) is 24.3 Å². The van der Waals surface area contributed by atoms with Crippen LogP contribution in [-0.4, -0.2) is 47.8 Å². The van der Waals surface area contributed by atoms with Crippen molar-refractivity contribution in [2.24, 2.45) is 0 Å². The molecule has 0 saturated carbocycles. The predicted octanol–water partition coefficient (Wildman–Crippen LogP) is 3.70. The zero-order chi connectivity index (χ0) is 16.1. The Labute approximate surface area is 147 Å². The molecular weight excluding hydrogens is 328 g/mol. The molecule has 0 bridgehead atoms. The van der Waals surface area contributed by atoms with E-state index in [-0.39, 0.29) is 0 Å². The number of nitrogens with zero attached hydrogens (tertiary/aromatic N) is 4. The quantitative estimate of drug-likeness (QED) is 0.823. The first kappa shape index (κ1) is 16.7. The number of benzene rings is 1. The third-order valence-electron chi connectivity index (χ3n) is 4.12. The third kappa shape index (κ3) is 4.66. The Morgan fingerprint density at radius 2 is 1.91 bits per heavy atom. The highest BCUT2D eigenvalue weighted by Crippen LogP contribution is 2.24. The molecule has 2 heterocycles. The van der Waals surface area contributed by atoms with E-state index in [4.69, 9.17) is 11.6 Å². The summed E-state index contributed by atoms with van der Waals surface area (Å²) in [7, 11) is 0. The van der Waals surface area contributed by atoms with Crippen molar-refractivity contribution in [2.75, 3.05) is 37.6 Å². The van der Waals surface area contributed by atoms with E-state index in [2.05, 4.69) is 39.1 Å². The van der Waals surface area contributed by atoms with Crippen molar-refractivity contribution < 1.29 is 0 Å². The van der Waals surface area contributed by atoms with Crippen LogP contribution in [0.2, 0.25) is 5.02 Å². The lowest BCUT2D eigenvalue weighted by Gasteiger charge is -2.20. The second-order valence-corrected chi connectivity index (χ2v) is 7.44. The molecule has 1 saturated heterocycles. The maximum absolute atomic E-state index is 5.93. The summed E-state index contributed by atoms with van der Waals surface area (Å²) in [6.07, 6.45) is 3.25. The molecule has 0 spiro atoms. The van der Waals surface area contributed by atoms with Crippen LogP contribution in [0, 0.1) is 0 Å². The van der Waals surface area contributed by atoms with Gasteiger partial charge < -0.3 is 9.80 Å². The minimum Gasteiger partial charge on any atom is -0.345 e. The van der Waals surface area contributed by atoms with Crippen LogP contribution in [0.5, 0.6) is 0 Å². The van der Waals surface area contributed by atoms with Crippen LogP contribution < -0.4 is 4.90 Å². The first-order chi connectivity index (χ1) is 11.2. The predicted molar refractivity (Wildman–Crippen MR) is 97.7 cm³/mol. The van der Waals surface area contributed by atoms with Crippen LogP contribution in [0.3, 0.4) is 0 Å². The smallest absolute Gasteiger partial charge is 0.208 e. The minimum atomic E-state index is 0.771.